The molecule has 1 heterocycles. The van der Waals surface area contributed by atoms with Gasteiger partial charge in [0.15, 0.2) is 0 Å². The minimum Gasteiger partial charge on any atom is -0.346 e. The third-order valence-corrected chi connectivity index (χ3v) is 4.58. The van der Waals surface area contributed by atoms with Crippen molar-refractivity contribution in [1.82, 2.24) is 13.8 Å². The molecule has 3 amide bonds. The highest BCUT2D eigenvalue weighted by Gasteiger charge is 2.20. The average Bonchev–Trinajstić information content (AvgIpc) is 3.08. The summed E-state index contributed by atoms with van der Waals surface area (Å²) >= 11 is 4.06. The number of hydrogen-bond acceptors (Lipinski definition) is 4. The second-order valence-corrected chi connectivity index (χ2v) is 6.90. The second kappa shape index (κ2) is 8.28. The lowest BCUT2D eigenvalue weighted by atomic mass is 10.2. The smallest absolute Gasteiger partial charge is 0.338 e. The van der Waals surface area contributed by atoms with Crippen molar-refractivity contribution in [2.45, 2.75) is 6.54 Å². The lowest BCUT2D eigenvalue weighted by molar-refractivity contribution is 0.0902. The first-order valence-electron chi connectivity index (χ1n) is 8.58. The van der Waals surface area contributed by atoms with Gasteiger partial charge in [-0.25, -0.2) is 9.10 Å². The Balaban J connectivity index is 1.74. The number of nitrogens with zero attached hydrogens (tertiary/aromatic N) is 3. The van der Waals surface area contributed by atoms with Gasteiger partial charge in [-0.3, -0.25) is 4.79 Å². The van der Waals surface area contributed by atoms with Crippen LogP contribution in [0.4, 0.5) is 10.5 Å². The number of carbonyl (C=O) groups excluding carboxylic acids is 2. The van der Waals surface area contributed by atoms with Crippen LogP contribution in [0.3, 0.4) is 0 Å². The molecule has 140 valence electrons. The molecule has 0 fully saturated rings. The zero-order valence-electron chi connectivity index (χ0n) is 15.3. The van der Waals surface area contributed by atoms with Crippen LogP contribution in [0.5, 0.6) is 0 Å². The van der Waals surface area contributed by atoms with E-state index in [-0.39, 0.29) is 0 Å². The van der Waals surface area contributed by atoms with Gasteiger partial charge in [0.2, 0.25) is 0 Å². The van der Waals surface area contributed by atoms with Crippen LogP contribution < -0.4 is 5.32 Å². The summed E-state index contributed by atoms with van der Waals surface area (Å²) in [6.07, 6.45) is 2.03. The Bertz CT molecular complexity index is 953. The van der Waals surface area contributed by atoms with E-state index in [4.69, 9.17) is 0 Å². The van der Waals surface area contributed by atoms with Crippen molar-refractivity contribution in [3.05, 3.63) is 66.4 Å². The molecule has 0 radical (unpaired) electrons. The maximum atomic E-state index is 12.4. The predicted octanol–water partition coefficient (Wildman–Crippen LogP) is 3.72. The van der Waals surface area contributed by atoms with Gasteiger partial charge in [0.25, 0.3) is 5.91 Å². The molecular formula is C20H22N4O2S. The third-order valence-electron chi connectivity index (χ3n) is 4.22. The number of nitrogens with one attached hydrogen (secondary N) is 1. The fourth-order valence-electron chi connectivity index (χ4n) is 2.74. The largest absolute Gasteiger partial charge is 0.346 e. The number of amides is 3. The number of anilines is 1. The molecule has 0 saturated heterocycles. The van der Waals surface area contributed by atoms with E-state index in [1.165, 1.54) is 0 Å². The van der Waals surface area contributed by atoms with Gasteiger partial charge in [-0.05, 0) is 49.8 Å². The molecule has 1 N–H and O–H groups in total. The van der Waals surface area contributed by atoms with Gasteiger partial charge in [-0.1, -0.05) is 37.1 Å². The Hall–Kier alpha value is -2.77. The standard InChI is InChI=1S/C20H22N4O2S/c1-22(2)12-13-23-11-10-15-8-9-17(14-18(15)23)21-20(26)24(27)19(25)16-6-4-3-5-7-16/h3-11,14,27H,12-13H2,1-2H3,(H,21,26). The molecule has 0 saturated carbocycles. The van der Waals surface area contributed by atoms with Gasteiger partial charge in [-0.15, -0.1) is 0 Å². The third kappa shape index (κ3) is 4.50. The molecule has 0 unspecified atom stereocenters. The number of urea groups is 1. The fraction of sp³-hybridized carbons (Fsp3) is 0.200. The van der Waals surface area contributed by atoms with Gasteiger partial charge >= 0.3 is 6.03 Å². The SMILES string of the molecule is CN(C)CCn1ccc2ccc(NC(=O)N(S)C(=O)c3ccccc3)cc21. The van der Waals surface area contributed by atoms with Gasteiger partial charge in [0.05, 0.1) is 5.52 Å². The van der Waals surface area contributed by atoms with Crippen LogP contribution in [0.15, 0.2) is 60.8 Å². The Kier molecular flexibility index (Phi) is 5.83. The number of aromatic nitrogens is 1. The van der Waals surface area contributed by atoms with Crippen molar-refractivity contribution in [2.75, 3.05) is 26.0 Å². The monoisotopic (exact) mass is 382 g/mol. The zero-order chi connectivity index (χ0) is 19.4. The molecule has 0 spiro atoms. The molecule has 0 atom stereocenters. The van der Waals surface area contributed by atoms with E-state index in [0.29, 0.717) is 11.3 Å². The molecule has 3 rings (SSSR count). The first-order valence-corrected chi connectivity index (χ1v) is 8.98. The van der Waals surface area contributed by atoms with Crippen LogP contribution in [0.25, 0.3) is 10.9 Å². The molecule has 27 heavy (non-hydrogen) atoms. The van der Waals surface area contributed by atoms with E-state index in [0.717, 1.165) is 28.3 Å². The summed E-state index contributed by atoms with van der Waals surface area (Å²) in [5.74, 6) is -0.480. The predicted molar refractivity (Wildman–Crippen MR) is 111 cm³/mol. The van der Waals surface area contributed by atoms with Gasteiger partial charge in [0.1, 0.15) is 0 Å². The number of imide groups is 1. The van der Waals surface area contributed by atoms with E-state index < -0.39 is 11.9 Å². The van der Waals surface area contributed by atoms with E-state index in [1.807, 2.05) is 44.6 Å². The summed E-state index contributed by atoms with van der Waals surface area (Å²) in [5, 5.41) is 3.82. The van der Waals surface area contributed by atoms with Crippen LogP contribution in [0.1, 0.15) is 10.4 Å². The quantitative estimate of drug-likeness (QED) is 0.661. The van der Waals surface area contributed by atoms with Crippen molar-refractivity contribution in [3.63, 3.8) is 0 Å². The van der Waals surface area contributed by atoms with Crippen molar-refractivity contribution in [2.24, 2.45) is 0 Å². The first-order chi connectivity index (χ1) is 13.0. The highest BCUT2D eigenvalue weighted by Crippen LogP contribution is 2.21. The molecule has 0 aliphatic heterocycles. The molecule has 0 aliphatic rings. The van der Waals surface area contributed by atoms with Crippen LogP contribution in [-0.2, 0) is 6.54 Å². The molecule has 2 aromatic carbocycles. The van der Waals surface area contributed by atoms with Crippen molar-refractivity contribution in [1.29, 1.82) is 0 Å². The Morgan fingerprint density at radius 3 is 2.52 bits per heavy atom. The summed E-state index contributed by atoms with van der Waals surface area (Å²) in [6, 6.07) is 15.7. The first kappa shape index (κ1) is 19.0. The Labute approximate surface area is 163 Å². The fourth-order valence-corrected chi connectivity index (χ4v) is 2.90. The van der Waals surface area contributed by atoms with Crippen molar-refractivity contribution < 1.29 is 9.59 Å². The normalized spacial score (nSPS) is 11.0. The highest BCUT2D eigenvalue weighted by molar-refractivity contribution is 7.79. The molecule has 0 bridgehead atoms. The molecule has 1 aromatic heterocycles. The minimum absolute atomic E-state index is 0.399. The minimum atomic E-state index is -0.599. The van der Waals surface area contributed by atoms with Crippen LogP contribution in [0.2, 0.25) is 0 Å². The number of fused-ring (bicyclic) bond motifs is 1. The van der Waals surface area contributed by atoms with Crippen LogP contribution in [-0.4, -0.2) is 46.4 Å². The molecule has 0 aliphatic carbocycles. The number of thiol groups is 1. The van der Waals surface area contributed by atoms with E-state index >= 15 is 0 Å². The second-order valence-electron chi connectivity index (χ2n) is 6.50. The van der Waals surface area contributed by atoms with Gasteiger partial charge < -0.3 is 14.8 Å². The number of benzene rings is 2. The van der Waals surface area contributed by atoms with Crippen LogP contribution >= 0.6 is 12.8 Å². The average molecular weight is 382 g/mol. The van der Waals surface area contributed by atoms with Gasteiger partial charge in [0, 0.05) is 30.5 Å². The highest BCUT2D eigenvalue weighted by atomic mass is 32.1. The molecule has 6 nitrogen and oxygen atoms in total. The Morgan fingerprint density at radius 1 is 1.07 bits per heavy atom. The topological polar surface area (TPSA) is 57.6 Å². The molecule has 7 heteroatoms. The maximum Gasteiger partial charge on any atom is 0.338 e. The molecular weight excluding hydrogens is 360 g/mol. The summed E-state index contributed by atoms with van der Waals surface area (Å²) < 4.78 is 2.92. The summed E-state index contributed by atoms with van der Waals surface area (Å²) in [5.41, 5.74) is 2.03. The maximum absolute atomic E-state index is 12.4. The molecule has 3 aromatic rings. The van der Waals surface area contributed by atoms with E-state index in [1.54, 1.807) is 30.3 Å². The zero-order valence-corrected chi connectivity index (χ0v) is 16.2. The Morgan fingerprint density at radius 2 is 1.81 bits per heavy atom. The number of hydrogen-bond donors (Lipinski definition) is 2. The summed E-state index contributed by atoms with van der Waals surface area (Å²) in [6.45, 7) is 1.76. The van der Waals surface area contributed by atoms with Crippen molar-refractivity contribution in [3.8, 4) is 0 Å². The lowest BCUT2D eigenvalue weighted by Gasteiger charge is -2.15. The number of carbonyl (C=O) groups is 2. The van der Waals surface area contributed by atoms with E-state index in [9.17, 15) is 9.59 Å². The summed E-state index contributed by atoms with van der Waals surface area (Å²) in [7, 11) is 4.06. The van der Waals surface area contributed by atoms with Crippen molar-refractivity contribution >= 4 is 41.3 Å². The summed E-state index contributed by atoms with van der Waals surface area (Å²) in [4.78, 5) is 26.9. The van der Waals surface area contributed by atoms with Gasteiger partial charge in [-0.2, -0.15) is 0 Å². The number of rotatable bonds is 5. The van der Waals surface area contributed by atoms with Crippen LogP contribution in [0, 0.1) is 0 Å². The number of likely N-dealkylation sites (N-methyl/N-ethyl adjacent to an activating group) is 1. The van der Waals surface area contributed by atoms with E-state index in [2.05, 4.69) is 27.6 Å². The lowest BCUT2D eigenvalue weighted by Crippen LogP contribution is -2.32.